The van der Waals surface area contributed by atoms with Gasteiger partial charge in [0.05, 0.1) is 11.4 Å². The molecule has 2 aliphatic rings. The number of nitrogens with zero attached hydrogens (tertiary/aromatic N) is 2. The average molecular weight is 677 g/mol. The van der Waals surface area contributed by atoms with Crippen molar-refractivity contribution in [3.8, 4) is 11.1 Å². The average Bonchev–Trinajstić information content (AvgIpc) is 3.80. The molecule has 0 unspecified atom stereocenters. The monoisotopic (exact) mass is 676 g/mol. The molecule has 2 aliphatic heterocycles. The van der Waals surface area contributed by atoms with Crippen LogP contribution in [0.3, 0.4) is 0 Å². The molecule has 12 rings (SSSR count). The van der Waals surface area contributed by atoms with Gasteiger partial charge in [0.1, 0.15) is 11.2 Å². The normalized spacial score (nSPS) is 13.2. The van der Waals surface area contributed by atoms with E-state index in [1.807, 2.05) is 12.1 Å². The number of benzene rings is 8. The molecule has 5 heteroatoms. The van der Waals surface area contributed by atoms with E-state index in [2.05, 4.69) is 174 Å². The predicted molar refractivity (Wildman–Crippen MR) is 220 cm³/mol. The third kappa shape index (κ3) is 3.96. The maximum absolute atomic E-state index is 6.74. The number of furan rings is 2. The predicted octanol–water partition coefficient (Wildman–Crippen LogP) is 11.2. The lowest BCUT2D eigenvalue weighted by atomic mass is 9.33. The topological polar surface area (TPSA) is 32.8 Å². The maximum atomic E-state index is 6.74. The van der Waals surface area contributed by atoms with Gasteiger partial charge in [-0.25, -0.2) is 0 Å². The Labute approximate surface area is 305 Å². The van der Waals surface area contributed by atoms with Crippen molar-refractivity contribution in [2.75, 3.05) is 9.80 Å². The first-order valence-corrected chi connectivity index (χ1v) is 18.1. The van der Waals surface area contributed by atoms with Gasteiger partial charge in [-0.05, 0) is 76.0 Å². The van der Waals surface area contributed by atoms with E-state index in [1.54, 1.807) is 0 Å². The van der Waals surface area contributed by atoms with Crippen molar-refractivity contribution in [1.82, 2.24) is 0 Å². The Balaban J connectivity index is 1.22. The Morgan fingerprint density at radius 2 is 0.774 bits per heavy atom. The summed E-state index contributed by atoms with van der Waals surface area (Å²) in [5.41, 5.74) is 16.2. The van der Waals surface area contributed by atoms with Gasteiger partial charge >= 0.3 is 0 Å². The van der Waals surface area contributed by atoms with E-state index in [9.17, 15) is 0 Å². The molecule has 0 saturated carbocycles. The van der Waals surface area contributed by atoms with E-state index in [0.717, 1.165) is 89.1 Å². The number of para-hydroxylation sites is 6. The second kappa shape index (κ2) is 10.8. The van der Waals surface area contributed by atoms with Gasteiger partial charge in [-0.2, -0.15) is 0 Å². The number of fused-ring (bicyclic) bond motifs is 10. The zero-order valence-electron chi connectivity index (χ0n) is 28.5. The molecule has 0 radical (unpaired) electrons. The maximum Gasteiger partial charge on any atom is 0.252 e. The van der Waals surface area contributed by atoms with Crippen LogP contribution in [0.2, 0.25) is 0 Å². The summed E-state index contributed by atoms with van der Waals surface area (Å²) in [7, 11) is 0. The van der Waals surface area contributed by atoms with E-state index in [4.69, 9.17) is 8.83 Å². The molecule has 4 nitrogen and oxygen atoms in total. The molecule has 246 valence electrons. The van der Waals surface area contributed by atoms with E-state index in [0.29, 0.717) is 0 Å². The standard InChI is InChI=1S/C48H29BN2O2/c1-2-14-30(15-3-1)31-28-42-46-43(29-31)51(41-25-13-19-35-33-17-5-11-27-45(33)53-48(35)41)39-23-9-7-21-37(39)49(46)36-20-6-8-22-38(36)50(42)40-24-12-18-34-32-16-4-10-26-44(32)52-47(34)40/h1-29H. The lowest BCUT2D eigenvalue weighted by Gasteiger charge is -2.44. The molecule has 0 aliphatic carbocycles. The van der Waals surface area contributed by atoms with Crippen LogP contribution in [0.5, 0.6) is 0 Å². The minimum absolute atomic E-state index is 0.00877. The fourth-order valence-electron chi connectivity index (χ4n) is 9.03. The number of anilines is 6. The van der Waals surface area contributed by atoms with Crippen LogP contribution in [0.4, 0.5) is 34.1 Å². The summed E-state index contributed by atoms with van der Waals surface area (Å²) >= 11 is 0. The lowest BCUT2D eigenvalue weighted by molar-refractivity contribution is 0.669. The first-order chi connectivity index (χ1) is 26.3. The molecule has 0 amide bonds. The van der Waals surface area contributed by atoms with Crippen molar-refractivity contribution < 1.29 is 8.83 Å². The number of hydrogen-bond acceptors (Lipinski definition) is 4. The minimum atomic E-state index is 0.00877. The zero-order valence-corrected chi connectivity index (χ0v) is 28.5. The quantitative estimate of drug-likeness (QED) is 0.174. The third-order valence-electron chi connectivity index (χ3n) is 11.2. The molecule has 0 fully saturated rings. The van der Waals surface area contributed by atoms with E-state index in [-0.39, 0.29) is 6.71 Å². The molecule has 0 bridgehead atoms. The second-order valence-corrected chi connectivity index (χ2v) is 14.0. The van der Waals surface area contributed by atoms with Crippen LogP contribution in [0.25, 0.3) is 55.0 Å². The highest BCUT2D eigenvalue weighted by molar-refractivity contribution is 7.00. The smallest absolute Gasteiger partial charge is 0.252 e. The van der Waals surface area contributed by atoms with Crippen LogP contribution in [0, 0.1) is 0 Å². The first kappa shape index (κ1) is 28.7. The van der Waals surface area contributed by atoms with Gasteiger partial charge in [-0.3, -0.25) is 0 Å². The lowest BCUT2D eigenvalue weighted by Crippen LogP contribution is -2.61. The fourth-order valence-corrected chi connectivity index (χ4v) is 9.03. The molecule has 0 atom stereocenters. The van der Waals surface area contributed by atoms with Crippen LogP contribution in [-0.4, -0.2) is 6.71 Å². The molecular weight excluding hydrogens is 647 g/mol. The summed E-state index contributed by atoms with van der Waals surface area (Å²) in [5.74, 6) is 0. The van der Waals surface area contributed by atoms with E-state index < -0.39 is 0 Å². The Bertz CT molecular complexity index is 2920. The van der Waals surface area contributed by atoms with Crippen molar-refractivity contribution in [3.63, 3.8) is 0 Å². The van der Waals surface area contributed by atoms with Crippen LogP contribution in [0.15, 0.2) is 185 Å². The van der Waals surface area contributed by atoms with Crippen molar-refractivity contribution >= 4 is 101 Å². The summed E-state index contributed by atoms with van der Waals surface area (Å²) in [6.45, 7) is 0.00877. The van der Waals surface area contributed by atoms with Gasteiger partial charge < -0.3 is 18.6 Å². The van der Waals surface area contributed by atoms with Gasteiger partial charge in [0, 0.05) is 44.3 Å². The van der Waals surface area contributed by atoms with Crippen LogP contribution >= 0.6 is 0 Å². The second-order valence-electron chi connectivity index (χ2n) is 14.0. The minimum Gasteiger partial charge on any atom is -0.454 e. The largest absolute Gasteiger partial charge is 0.454 e. The molecule has 4 heterocycles. The van der Waals surface area contributed by atoms with Crippen molar-refractivity contribution in [1.29, 1.82) is 0 Å². The van der Waals surface area contributed by atoms with Crippen LogP contribution in [0.1, 0.15) is 0 Å². The molecule has 2 aromatic heterocycles. The van der Waals surface area contributed by atoms with Gasteiger partial charge in [0.15, 0.2) is 11.2 Å². The molecule has 0 N–H and O–H groups in total. The van der Waals surface area contributed by atoms with E-state index in [1.165, 1.54) is 16.4 Å². The summed E-state index contributed by atoms with van der Waals surface area (Å²) in [5, 5.41) is 4.45. The SMILES string of the molecule is c1ccc(-c2cc3c4c(c2)N(c2cccc5c2oc2ccccc25)c2ccccc2B4c2ccccc2N3c2cccc3c2oc2ccccc23)cc1. The Kier molecular flexibility index (Phi) is 5.83. The van der Waals surface area contributed by atoms with E-state index >= 15 is 0 Å². The summed E-state index contributed by atoms with van der Waals surface area (Å²) in [4.78, 5) is 4.88. The van der Waals surface area contributed by atoms with Gasteiger partial charge in [0.2, 0.25) is 0 Å². The van der Waals surface area contributed by atoms with Crippen LogP contribution in [-0.2, 0) is 0 Å². The molecule has 10 aromatic rings. The third-order valence-corrected chi connectivity index (χ3v) is 11.2. The summed E-state index contributed by atoms with van der Waals surface area (Å²) < 4.78 is 13.5. The van der Waals surface area contributed by atoms with Gasteiger partial charge in [-0.1, -0.05) is 127 Å². The highest BCUT2D eigenvalue weighted by atomic mass is 16.3. The Morgan fingerprint density at radius 3 is 1.32 bits per heavy atom. The number of hydrogen-bond donors (Lipinski definition) is 0. The molecule has 8 aromatic carbocycles. The highest BCUT2D eigenvalue weighted by Gasteiger charge is 2.44. The molecule has 0 spiro atoms. The molecule has 0 saturated heterocycles. The van der Waals surface area contributed by atoms with Crippen molar-refractivity contribution in [3.05, 3.63) is 176 Å². The molecular formula is C48H29BN2O2. The zero-order chi connectivity index (χ0) is 34.6. The molecule has 53 heavy (non-hydrogen) atoms. The van der Waals surface area contributed by atoms with Gasteiger partial charge in [0.25, 0.3) is 6.71 Å². The first-order valence-electron chi connectivity index (χ1n) is 18.1. The number of rotatable bonds is 3. The van der Waals surface area contributed by atoms with Crippen molar-refractivity contribution in [2.24, 2.45) is 0 Å². The Morgan fingerprint density at radius 1 is 0.340 bits per heavy atom. The Hall–Kier alpha value is -6.98. The fraction of sp³-hybridized carbons (Fsp3) is 0. The highest BCUT2D eigenvalue weighted by Crippen LogP contribution is 2.49. The van der Waals surface area contributed by atoms with Gasteiger partial charge in [-0.15, -0.1) is 0 Å². The van der Waals surface area contributed by atoms with Crippen LogP contribution < -0.4 is 26.2 Å². The summed E-state index contributed by atoms with van der Waals surface area (Å²) in [6, 6.07) is 63.0. The summed E-state index contributed by atoms with van der Waals surface area (Å²) in [6.07, 6.45) is 0. The van der Waals surface area contributed by atoms with Crippen molar-refractivity contribution in [2.45, 2.75) is 0 Å².